The first kappa shape index (κ1) is 12.3. The second-order valence-corrected chi connectivity index (χ2v) is 3.23. The third kappa shape index (κ3) is 3.44. The molecule has 2 N–H and O–H groups in total. The summed E-state index contributed by atoms with van der Waals surface area (Å²) < 4.78 is 10.7. The van der Waals surface area contributed by atoms with Crippen LogP contribution in [-0.4, -0.2) is 19.8 Å². The molecular formula is C12H16N2O2. The molecular weight excluding hydrogens is 204 g/mol. The van der Waals surface area contributed by atoms with Crippen molar-refractivity contribution < 1.29 is 9.47 Å². The van der Waals surface area contributed by atoms with Gasteiger partial charge < -0.3 is 15.2 Å². The zero-order valence-electron chi connectivity index (χ0n) is 9.40. The SMILES string of the molecule is CCOCCCOc1cccc(N)c1C#N. The quantitative estimate of drug-likeness (QED) is 0.587. The molecule has 0 aromatic heterocycles. The van der Waals surface area contributed by atoms with Crippen molar-refractivity contribution in [2.45, 2.75) is 13.3 Å². The molecule has 0 unspecified atom stereocenters. The number of nitrogens with two attached hydrogens (primary N) is 1. The molecule has 0 aliphatic heterocycles. The number of nitrogen functional groups attached to an aromatic ring is 1. The highest BCUT2D eigenvalue weighted by Gasteiger charge is 2.05. The van der Waals surface area contributed by atoms with Gasteiger partial charge in [-0.15, -0.1) is 0 Å². The molecule has 0 heterocycles. The lowest BCUT2D eigenvalue weighted by Gasteiger charge is -2.08. The Labute approximate surface area is 95.6 Å². The van der Waals surface area contributed by atoms with Gasteiger partial charge >= 0.3 is 0 Å². The van der Waals surface area contributed by atoms with E-state index in [0.29, 0.717) is 36.8 Å². The summed E-state index contributed by atoms with van der Waals surface area (Å²) in [6.07, 6.45) is 0.799. The zero-order chi connectivity index (χ0) is 11.8. The molecule has 0 fully saturated rings. The topological polar surface area (TPSA) is 68.3 Å². The fraction of sp³-hybridized carbons (Fsp3) is 0.417. The van der Waals surface area contributed by atoms with Crippen LogP contribution in [0.5, 0.6) is 5.75 Å². The van der Waals surface area contributed by atoms with Crippen molar-refractivity contribution in [2.24, 2.45) is 0 Å². The highest BCUT2D eigenvalue weighted by atomic mass is 16.5. The normalized spacial score (nSPS) is 9.75. The largest absolute Gasteiger partial charge is 0.492 e. The van der Waals surface area contributed by atoms with Gasteiger partial charge in [0.25, 0.3) is 0 Å². The number of hydrogen-bond acceptors (Lipinski definition) is 4. The molecule has 0 saturated carbocycles. The van der Waals surface area contributed by atoms with Crippen molar-refractivity contribution in [3.8, 4) is 11.8 Å². The highest BCUT2D eigenvalue weighted by Crippen LogP contribution is 2.23. The van der Waals surface area contributed by atoms with E-state index in [1.165, 1.54) is 0 Å². The van der Waals surface area contributed by atoms with Gasteiger partial charge in [-0.3, -0.25) is 0 Å². The van der Waals surface area contributed by atoms with Crippen LogP contribution >= 0.6 is 0 Å². The molecule has 4 nitrogen and oxygen atoms in total. The molecule has 1 aromatic rings. The molecule has 86 valence electrons. The highest BCUT2D eigenvalue weighted by molar-refractivity contribution is 5.60. The second kappa shape index (κ2) is 6.70. The average molecular weight is 220 g/mol. The zero-order valence-corrected chi connectivity index (χ0v) is 9.40. The van der Waals surface area contributed by atoms with Gasteiger partial charge in [0, 0.05) is 19.6 Å². The number of anilines is 1. The van der Waals surface area contributed by atoms with Crippen LogP contribution in [0.15, 0.2) is 18.2 Å². The van der Waals surface area contributed by atoms with E-state index in [4.69, 9.17) is 20.5 Å². The molecule has 0 saturated heterocycles. The summed E-state index contributed by atoms with van der Waals surface area (Å²) in [5.41, 5.74) is 6.51. The molecule has 4 heteroatoms. The van der Waals surface area contributed by atoms with E-state index < -0.39 is 0 Å². The molecule has 0 aliphatic carbocycles. The summed E-state index contributed by atoms with van der Waals surface area (Å²) in [5, 5.41) is 8.91. The van der Waals surface area contributed by atoms with Gasteiger partial charge in [0.1, 0.15) is 17.4 Å². The Morgan fingerprint density at radius 1 is 1.38 bits per heavy atom. The van der Waals surface area contributed by atoms with Crippen LogP contribution in [0.1, 0.15) is 18.9 Å². The number of nitrogens with zero attached hydrogens (tertiary/aromatic N) is 1. The summed E-state index contributed by atoms with van der Waals surface area (Å²) >= 11 is 0. The molecule has 16 heavy (non-hydrogen) atoms. The van der Waals surface area contributed by atoms with Crippen LogP contribution in [0, 0.1) is 11.3 Å². The summed E-state index contributed by atoms with van der Waals surface area (Å²) in [4.78, 5) is 0. The van der Waals surface area contributed by atoms with Crippen molar-refractivity contribution in [1.82, 2.24) is 0 Å². The minimum atomic E-state index is 0.402. The number of ether oxygens (including phenoxy) is 2. The summed E-state index contributed by atoms with van der Waals surface area (Å²) in [7, 11) is 0. The minimum absolute atomic E-state index is 0.402. The Morgan fingerprint density at radius 2 is 2.19 bits per heavy atom. The number of nitriles is 1. The van der Waals surface area contributed by atoms with Crippen molar-refractivity contribution >= 4 is 5.69 Å². The van der Waals surface area contributed by atoms with Gasteiger partial charge in [0.05, 0.1) is 12.3 Å². The molecule has 0 aliphatic rings. The molecule has 0 bridgehead atoms. The van der Waals surface area contributed by atoms with Crippen LogP contribution in [0.2, 0.25) is 0 Å². The first-order valence-corrected chi connectivity index (χ1v) is 5.28. The predicted octanol–water partition coefficient (Wildman–Crippen LogP) is 1.95. The van der Waals surface area contributed by atoms with Crippen LogP contribution in [0.4, 0.5) is 5.69 Å². The summed E-state index contributed by atoms with van der Waals surface area (Å²) in [5.74, 6) is 0.541. The Balaban J connectivity index is 2.48. The van der Waals surface area contributed by atoms with Crippen molar-refractivity contribution in [1.29, 1.82) is 5.26 Å². The van der Waals surface area contributed by atoms with Gasteiger partial charge in [-0.25, -0.2) is 0 Å². The van der Waals surface area contributed by atoms with Crippen LogP contribution in [0.25, 0.3) is 0 Å². The Bertz CT molecular complexity index is 372. The summed E-state index contributed by atoms with van der Waals surface area (Å²) in [6.45, 7) is 3.85. The lowest BCUT2D eigenvalue weighted by Crippen LogP contribution is -2.04. The van der Waals surface area contributed by atoms with E-state index in [9.17, 15) is 0 Å². The molecule has 0 radical (unpaired) electrons. The van der Waals surface area contributed by atoms with Crippen LogP contribution in [-0.2, 0) is 4.74 Å². The van der Waals surface area contributed by atoms with Crippen LogP contribution in [0.3, 0.4) is 0 Å². The number of benzene rings is 1. The van der Waals surface area contributed by atoms with E-state index in [1.807, 2.05) is 13.0 Å². The molecule has 0 spiro atoms. The van der Waals surface area contributed by atoms with E-state index in [1.54, 1.807) is 18.2 Å². The van der Waals surface area contributed by atoms with Crippen molar-refractivity contribution in [3.05, 3.63) is 23.8 Å². The minimum Gasteiger partial charge on any atom is -0.492 e. The van der Waals surface area contributed by atoms with Gasteiger partial charge in [-0.05, 0) is 19.1 Å². The van der Waals surface area contributed by atoms with E-state index in [0.717, 1.165) is 6.42 Å². The summed E-state index contributed by atoms with van der Waals surface area (Å²) in [6, 6.07) is 7.24. The third-order valence-corrected chi connectivity index (χ3v) is 2.06. The molecule has 1 rings (SSSR count). The first-order valence-electron chi connectivity index (χ1n) is 5.28. The van der Waals surface area contributed by atoms with E-state index in [2.05, 4.69) is 0 Å². The standard InChI is InChI=1S/C12H16N2O2/c1-2-15-7-4-8-16-12-6-3-5-11(14)10(12)9-13/h3,5-6H,2,4,7-8,14H2,1H3. The van der Waals surface area contributed by atoms with Gasteiger partial charge in [0.2, 0.25) is 0 Å². The first-order chi connectivity index (χ1) is 7.79. The fourth-order valence-electron chi connectivity index (χ4n) is 1.28. The maximum Gasteiger partial charge on any atom is 0.139 e. The van der Waals surface area contributed by atoms with Crippen molar-refractivity contribution in [3.63, 3.8) is 0 Å². The maximum atomic E-state index is 8.91. The van der Waals surface area contributed by atoms with Gasteiger partial charge in [-0.2, -0.15) is 5.26 Å². The fourth-order valence-corrected chi connectivity index (χ4v) is 1.28. The number of hydrogen-bond donors (Lipinski definition) is 1. The molecule has 0 amide bonds. The van der Waals surface area contributed by atoms with E-state index in [-0.39, 0.29) is 0 Å². The Hall–Kier alpha value is -1.73. The van der Waals surface area contributed by atoms with Gasteiger partial charge in [0.15, 0.2) is 0 Å². The molecule has 1 aromatic carbocycles. The van der Waals surface area contributed by atoms with Crippen molar-refractivity contribution in [2.75, 3.05) is 25.6 Å². The second-order valence-electron chi connectivity index (χ2n) is 3.23. The lowest BCUT2D eigenvalue weighted by molar-refractivity contribution is 0.131. The van der Waals surface area contributed by atoms with E-state index >= 15 is 0 Å². The lowest BCUT2D eigenvalue weighted by atomic mass is 10.2. The average Bonchev–Trinajstić information content (AvgIpc) is 2.29. The maximum absolute atomic E-state index is 8.91. The third-order valence-electron chi connectivity index (χ3n) is 2.06. The Kier molecular flexibility index (Phi) is 5.17. The monoisotopic (exact) mass is 220 g/mol. The predicted molar refractivity (Wildman–Crippen MR) is 62.2 cm³/mol. The smallest absolute Gasteiger partial charge is 0.139 e. The molecule has 0 atom stereocenters. The Morgan fingerprint density at radius 3 is 2.88 bits per heavy atom. The van der Waals surface area contributed by atoms with Crippen LogP contribution < -0.4 is 10.5 Å². The van der Waals surface area contributed by atoms with Gasteiger partial charge in [-0.1, -0.05) is 6.07 Å². The number of rotatable bonds is 6.